The van der Waals surface area contributed by atoms with Crippen LogP contribution in [0.5, 0.6) is 0 Å². The molecule has 1 aliphatic heterocycles. The highest BCUT2D eigenvalue weighted by atomic mass is 35.5. The number of pyridine rings is 1. The number of alkyl halides is 1. The van der Waals surface area contributed by atoms with E-state index >= 15 is 0 Å². The Hall–Kier alpha value is -2.63. The summed E-state index contributed by atoms with van der Waals surface area (Å²) in [5.74, 6) is -0.699. The summed E-state index contributed by atoms with van der Waals surface area (Å²) in [6.07, 6.45) is 0. The molecule has 1 aromatic heterocycles. The maximum atomic E-state index is 13.9. The zero-order valence-electron chi connectivity index (χ0n) is 15.7. The van der Waals surface area contributed by atoms with Gasteiger partial charge in [0.25, 0.3) is 5.56 Å². The van der Waals surface area contributed by atoms with Crippen LogP contribution in [0.15, 0.2) is 23.0 Å². The fourth-order valence-electron chi connectivity index (χ4n) is 3.26. The number of likely N-dealkylation sites (tertiary alicyclic amines) is 1. The highest BCUT2D eigenvalue weighted by molar-refractivity contribution is 6.27. The first-order valence-corrected chi connectivity index (χ1v) is 9.40. The lowest BCUT2D eigenvalue weighted by Crippen LogP contribution is -2.57. The summed E-state index contributed by atoms with van der Waals surface area (Å²) in [5.41, 5.74) is 0.339. The molecular formula is C19H21ClFN5O2. The molecule has 1 aromatic carbocycles. The highest BCUT2D eigenvalue weighted by Gasteiger charge is 2.31. The van der Waals surface area contributed by atoms with Crippen molar-refractivity contribution in [3.8, 4) is 6.07 Å². The summed E-state index contributed by atoms with van der Waals surface area (Å²) in [6.45, 7) is 1.77. The van der Waals surface area contributed by atoms with Crippen molar-refractivity contribution in [2.24, 2.45) is 0 Å². The van der Waals surface area contributed by atoms with Crippen LogP contribution in [0.25, 0.3) is 10.9 Å². The molecule has 0 atom stereocenters. The molecule has 1 saturated heterocycles. The van der Waals surface area contributed by atoms with Crippen LogP contribution in [0.3, 0.4) is 0 Å². The number of carbonyl (C=O) groups excluding carboxylic acids is 1. The van der Waals surface area contributed by atoms with Crippen molar-refractivity contribution in [1.29, 1.82) is 5.26 Å². The second kappa shape index (κ2) is 8.17. The van der Waals surface area contributed by atoms with Crippen LogP contribution >= 0.6 is 11.6 Å². The molecular weight excluding hydrogens is 385 g/mol. The van der Waals surface area contributed by atoms with Crippen LogP contribution in [0.4, 0.5) is 10.1 Å². The quantitative estimate of drug-likeness (QED) is 0.735. The predicted octanol–water partition coefficient (Wildman–Crippen LogP) is 1.44. The molecule has 0 saturated carbocycles. The van der Waals surface area contributed by atoms with Gasteiger partial charge in [0.05, 0.1) is 17.2 Å². The van der Waals surface area contributed by atoms with Crippen molar-refractivity contribution in [3.63, 3.8) is 0 Å². The number of hydrogen-bond donors (Lipinski definition) is 1. The molecule has 1 fully saturated rings. The number of amides is 1. The number of rotatable bonds is 6. The Kier molecular flexibility index (Phi) is 5.87. The number of halogens is 2. The molecule has 148 valence electrons. The molecule has 28 heavy (non-hydrogen) atoms. The first-order chi connectivity index (χ1) is 13.3. The van der Waals surface area contributed by atoms with Gasteiger partial charge in [-0.2, -0.15) is 5.26 Å². The molecule has 2 aromatic rings. The molecule has 1 amide bonds. The first kappa shape index (κ1) is 20.1. The average molecular weight is 406 g/mol. The van der Waals surface area contributed by atoms with Gasteiger partial charge in [-0.05, 0) is 32.3 Å². The van der Waals surface area contributed by atoms with E-state index in [-0.39, 0.29) is 23.4 Å². The number of likely N-dealkylation sites (N-methyl/N-ethyl adjacent to an activating group) is 1. The lowest BCUT2D eigenvalue weighted by Gasteiger charge is -2.40. The summed E-state index contributed by atoms with van der Waals surface area (Å²) in [4.78, 5) is 28.1. The molecule has 2 heterocycles. The Balaban J connectivity index is 2.03. The van der Waals surface area contributed by atoms with Crippen molar-refractivity contribution in [2.45, 2.75) is 12.6 Å². The van der Waals surface area contributed by atoms with Crippen molar-refractivity contribution < 1.29 is 9.18 Å². The number of nitrogens with one attached hydrogen (secondary N) is 1. The Labute approximate surface area is 166 Å². The number of nitriles is 1. The molecule has 0 spiro atoms. The average Bonchev–Trinajstić information content (AvgIpc) is 2.62. The fourth-order valence-corrected chi connectivity index (χ4v) is 3.43. The standard InChI is InChI=1S/C19H21ClFN5O2/c1-24(2)5-6-26-16-7-12(21)3-4-14(16)18(15(9-22)19(26)28)23-13-10-25(11-13)17(27)8-20/h3-4,7,13,23H,5-6,8,10-11H2,1-2H3. The van der Waals surface area contributed by atoms with E-state index in [0.29, 0.717) is 42.8 Å². The van der Waals surface area contributed by atoms with Gasteiger partial charge < -0.3 is 19.7 Å². The monoisotopic (exact) mass is 405 g/mol. The van der Waals surface area contributed by atoms with Crippen LogP contribution in [0, 0.1) is 17.1 Å². The molecule has 3 rings (SSSR count). The number of aromatic nitrogens is 1. The Morgan fingerprint density at radius 3 is 2.75 bits per heavy atom. The van der Waals surface area contributed by atoms with Crippen LogP contribution in [-0.4, -0.2) is 65.9 Å². The van der Waals surface area contributed by atoms with E-state index in [4.69, 9.17) is 11.6 Å². The van der Waals surface area contributed by atoms with Crippen LogP contribution in [0.2, 0.25) is 0 Å². The molecule has 9 heteroatoms. The minimum atomic E-state index is -0.460. The Morgan fingerprint density at radius 1 is 1.43 bits per heavy atom. The number of carbonyl (C=O) groups is 1. The third-order valence-electron chi connectivity index (χ3n) is 4.81. The largest absolute Gasteiger partial charge is 0.377 e. The maximum Gasteiger partial charge on any atom is 0.271 e. The van der Waals surface area contributed by atoms with Gasteiger partial charge >= 0.3 is 0 Å². The number of anilines is 1. The molecule has 7 nitrogen and oxygen atoms in total. The van der Waals surface area contributed by atoms with Gasteiger partial charge in [-0.1, -0.05) is 0 Å². The predicted molar refractivity (Wildman–Crippen MR) is 106 cm³/mol. The minimum Gasteiger partial charge on any atom is -0.377 e. The zero-order chi connectivity index (χ0) is 20.4. The number of benzene rings is 1. The van der Waals surface area contributed by atoms with Crippen LogP contribution in [0.1, 0.15) is 5.56 Å². The normalized spacial score (nSPS) is 14.2. The van der Waals surface area contributed by atoms with Gasteiger partial charge in [-0.3, -0.25) is 9.59 Å². The van der Waals surface area contributed by atoms with E-state index in [9.17, 15) is 19.2 Å². The summed E-state index contributed by atoms with van der Waals surface area (Å²) in [7, 11) is 3.75. The Bertz CT molecular complexity index is 1010. The molecule has 0 radical (unpaired) electrons. The van der Waals surface area contributed by atoms with Crippen molar-refractivity contribution >= 4 is 34.1 Å². The third-order valence-corrected chi connectivity index (χ3v) is 5.04. The topological polar surface area (TPSA) is 81.4 Å². The van der Waals surface area contributed by atoms with Gasteiger partial charge in [-0.25, -0.2) is 4.39 Å². The van der Waals surface area contributed by atoms with Gasteiger partial charge in [0.1, 0.15) is 23.3 Å². The SMILES string of the molecule is CN(C)CCn1c(=O)c(C#N)c(NC2CN(C(=O)CCl)C2)c2ccc(F)cc21. The zero-order valence-corrected chi connectivity index (χ0v) is 16.5. The summed E-state index contributed by atoms with van der Waals surface area (Å²) in [5, 5.41) is 13.4. The highest BCUT2D eigenvalue weighted by Crippen LogP contribution is 2.28. The van der Waals surface area contributed by atoms with E-state index in [1.807, 2.05) is 25.1 Å². The second-order valence-electron chi connectivity index (χ2n) is 7.06. The van der Waals surface area contributed by atoms with Crippen LogP contribution < -0.4 is 10.9 Å². The molecule has 1 aliphatic rings. The molecule has 1 N–H and O–H groups in total. The van der Waals surface area contributed by atoms with Gasteiger partial charge in [0.2, 0.25) is 5.91 Å². The van der Waals surface area contributed by atoms with E-state index in [1.54, 1.807) is 11.0 Å². The second-order valence-corrected chi connectivity index (χ2v) is 7.32. The van der Waals surface area contributed by atoms with Crippen molar-refractivity contribution in [3.05, 3.63) is 39.9 Å². The lowest BCUT2D eigenvalue weighted by molar-refractivity contribution is -0.132. The number of fused-ring (bicyclic) bond motifs is 1. The lowest BCUT2D eigenvalue weighted by atomic mass is 10.0. The first-order valence-electron chi connectivity index (χ1n) is 8.87. The van der Waals surface area contributed by atoms with E-state index in [2.05, 4.69) is 5.32 Å². The van der Waals surface area contributed by atoms with E-state index < -0.39 is 11.4 Å². The third kappa shape index (κ3) is 3.81. The van der Waals surface area contributed by atoms with Crippen molar-refractivity contribution in [1.82, 2.24) is 14.4 Å². The molecule has 0 aliphatic carbocycles. The fraction of sp³-hybridized carbons (Fsp3) is 0.421. The molecule has 0 unspecified atom stereocenters. The number of nitrogens with zero attached hydrogens (tertiary/aromatic N) is 4. The molecule has 0 bridgehead atoms. The van der Waals surface area contributed by atoms with Crippen molar-refractivity contribution in [2.75, 3.05) is 44.9 Å². The van der Waals surface area contributed by atoms with Crippen LogP contribution in [-0.2, 0) is 11.3 Å². The Morgan fingerprint density at radius 2 is 2.14 bits per heavy atom. The number of hydrogen-bond acceptors (Lipinski definition) is 5. The minimum absolute atomic E-state index is 0.0139. The van der Waals surface area contributed by atoms with Gasteiger partial charge in [-0.15, -0.1) is 11.6 Å². The maximum absolute atomic E-state index is 13.9. The van der Waals surface area contributed by atoms with E-state index in [0.717, 1.165) is 0 Å². The smallest absolute Gasteiger partial charge is 0.271 e. The summed E-state index contributed by atoms with van der Waals surface area (Å²) >= 11 is 5.56. The van der Waals surface area contributed by atoms with Gasteiger partial charge in [0, 0.05) is 31.6 Å². The summed E-state index contributed by atoms with van der Waals surface area (Å²) < 4.78 is 15.3. The van der Waals surface area contributed by atoms with Gasteiger partial charge in [0.15, 0.2) is 0 Å². The summed E-state index contributed by atoms with van der Waals surface area (Å²) in [6, 6.07) is 6.07. The van der Waals surface area contributed by atoms with E-state index in [1.165, 1.54) is 16.7 Å².